The van der Waals surface area contributed by atoms with Gasteiger partial charge in [-0.15, -0.1) is 0 Å². The molecule has 2 aliphatic heterocycles. The Morgan fingerprint density at radius 2 is 1.71 bits per heavy atom. The Labute approximate surface area is 222 Å². The first kappa shape index (κ1) is 23.8. The Kier molecular flexibility index (Phi) is 6.16. The number of amides is 2. The highest BCUT2D eigenvalue weighted by atomic mass is 16.5. The highest BCUT2D eigenvalue weighted by Gasteiger charge is 2.36. The molecule has 2 aliphatic carbocycles. The molecule has 2 amide bonds. The summed E-state index contributed by atoms with van der Waals surface area (Å²) in [5.41, 5.74) is 2.54. The van der Waals surface area contributed by atoms with Crippen molar-refractivity contribution in [1.29, 1.82) is 0 Å². The summed E-state index contributed by atoms with van der Waals surface area (Å²) in [4.78, 5) is 24.7. The van der Waals surface area contributed by atoms with Crippen LogP contribution in [0.4, 0.5) is 16.3 Å². The molecule has 4 fully saturated rings. The average molecular weight is 518 g/mol. The van der Waals surface area contributed by atoms with Crippen molar-refractivity contribution in [2.75, 3.05) is 30.4 Å². The topological polar surface area (TPSA) is 106 Å². The van der Waals surface area contributed by atoms with Crippen LogP contribution in [0.1, 0.15) is 57.4 Å². The van der Waals surface area contributed by atoms with Crippen LogP contribution in [0.15, 0.2) is 30.5 Å². The maximum atomic E-state index is 12.2. The summed E-state index contributed by atoms with van der Waals surface area (Å²) in [6, 6.07) is 8.23. The number of nitrogens with zero attached hydrogens (tertiary/aromatic N) is 5. The molecule has 2 bridgehead atoms. The van der Waals surface area contributed by atoms with E-state index >= 15 is 0 Å². The van der Waals surface area contributed by atoms with Crippen molar-refractivity contribution in [3.63, 3.8) is 0 Å². The fourth-order valence-corrected chi connectivity index (χ4v) is 6.14. The van der Waals surface area contributed by atoms with Crippen molar-refractivity contribution in [2.24, 2.45) is 0 Å². The van der Waals surface area contributed by atoms with E-state index in [4.69, 9.17) is 24.5 Å². The predicted octanol–water partition coefficient (Wildman–Crippen LogP) is 4.27. The van der Waals surface area contributed by atoms with Gasteiger partial charge in [0.25, 0.3) is 0 Å². The molecule has 10 nitrogen and oxygen atoms in total. The van der Waals surface area contributed by atoms with E-state index in [0.29, 0.717) is 24.0 Å². The molecule has 10 heteroatoms. The summed E-state index contributed by atoms with van der Waals surface area (Å²) in [5.74, 6) is 1.61. The molecule has 3 aromatic rings. The molecule has 200 valence electrons. The average Bonchev–Trinajstić information content (AvgIpc) is 3.55. The van der Waals surface area contributed by atoms with Crippen molar-refractivity contribution in [3.8, 4) is 11.4 Å². The minimum atomic E-state index is -0.158. The maximum absolute atomic E-state index is 12.2. The minimum absolute atomic E-state index is 0.158. The molecular formula is C28H35N7O3. The SMILES string of the molecule is CO[C@H]1CC[C@@H](n2ncc3c(N4CC5CCC(C4)O5)nc(-c4ccc(NC(=O)NC5CC5)cc4)nc32)CC1. The van der Waals surface area contributed by atoms with Crippen LogP contribution in [-0.2, 0) is 9.47 Å². The van der Waals surface area contributed by atoms with E-state index in [1.165, 1.54) is 0 Å². The predicted molar refractivity (Wildman–Crippen MR) is 144 cm³/mol. The van der Waals surface area contributed by atoms with Crippen LogP contribution in [-0.4, -0.2) is 70.3 Å². The fraction of sp³-hybridized carbons (Fsp3) is 0.571. The van der Waals surface area contributed by atoms with E-state index in [-0.39, 0.29) is 18.2 Å². The van der Waals surface area contributed by atoms with Gasteiger partial charge in [0.15, 0.2) is 11.5 Å². The van der Waals surface area contributed by atoms with Crippen LogP contribution in [0.25, 0.3) is 22.4 Å². The lowest BCUT2D eigenvalue weighted by Crippen LogP contribution is -2.43. The Morgan fingerprint density at radius 1 is 0.974 bits per heavy atom. The van der Waals surface area contributed by atoms with Gasteiger partial charge in [-0.3, -0.25) is 0 Å². The van der Waals surface area contributed by atoms with Crippen molar-refractivity contribution in [1.82, 2.24) is 25.1 Å². The van der Waals surface area contributed by atoms with Crippen LogP contribution in [0.5, 0.6) is 0 Å². The molecule has 0 spiro atoms. The lowest BCUT2D eigenvalue weighted by molar-refractivity contribution is 0.0303. The number of benzene rings is 1. The molecule has 7 rings (SSSR count). The molecule has 4 aliphatic rings. The number of methoxy groups -OCH3 is 1. The number of carbonyl (C=O) groups excluding carboxylic acids is 1. The number of urea groups is 1. The zero-order valence-corrected chi connectivity index (χ0v) is 21.8. The quantitative estimate of drug-likeness (QED) is 0.503. The van der Waals surface area contributed by atoms with Crippen LogP contribution >= 0.6 is 0 Å². The summed E-state index contributed by atoms with van der Waals surface area (Å²) in [6.45, 7) is 1.68. The molecule has 2 unspecified atom stereocenters. The minimum Gasteiger partial charge on any atom is -0.381 e. The number of hydrogen-bond acceptors (Lipinski definition) is 7. The van der Waals surface area contributed by atoms with E-state index in [9.17, 15) is 4.79 Å². The van der Waals surface area contributed by atoms with Crippen molar-refractivity contribution in [3.05, 3.63) is 30.5 Å². The van der Waals surface area contributed by atoms with Gasteiger partial charge in [0, 0.05) is 37.5 Å². The second-order valence-electron chi connectivity index (χ2n) is 11.2. The highest BCUT2D eigenvalue weighted by Crippen LogP contribution is 2.37. The molecule has 4 heterocycles. The van der Waals surface area contributed by atoms with Gasteiger partial charge in [-0.05, 0) is 75.6 Å². The largest absolute Gasteiger partial charge is 0.381 e. The van der Waals surface area contributed by atoms with Gasteiger partial charge in [0.1, 0.15) is 5.82 Å². The van der Waals surface area contributed by atoms with Crippen LogP contribution < -0.4 is 15.5 Å². The normalized spacial score (nSPS) is 27.0. The molecule has 2 N–H and O–H groups in total. The van der Waals surface area contributed by atoms with Gasteiger partial charge < -0.3 is 25.0 Å². The van der Waals surface area contributed by atoms with Gasteiger partial charge >= 0.3 is 6.03 Å². The number of carbonyl (C=O) groups is 1. The number of aromatic nitrogens is 4. The molecule has 2 aromatic heterocycles. The van der Waals surface area contributed by atoms with Gasteiger partial charge in [-0.25, -0.2) is 19.4 Å². The summed E-state index contributed by atoms with van der Waals surface area (Å²) < 4.78 is 13.8. The standard InChI is InChI=1S/C28H35N7O3/c1-37-21-10-8-20(9-11-21)35-27-24(14-29-35)26(34-15-22-12-13-23(16-34)38-22)32-25(33-27)17-2-4-18(5-3-17)30-28(36)31-19-6-7-19/h2-5,14,19-23H,6-13,15-16H2,1H3,(H2,30,31,36)/t20-,21+,22?,23?. The Morgan fingerprint density at radius 3 is 2.39 bits per heavy atom. The third-order valence-electron chi connectivity index (χ3n) is 8.41. The third kappa shape index (κ3) is 4.71. The second-order valence-corrected chi connectivity index (χ2v) is 11.2. The Balaban J connectivity index is 1.22. The summed E-state index contributed by atoms with van der Waals surface area (Å²) in [7, 11) is 1.80. The van der Waals surface area contributed by atoms with E-state index < -0.39 is 0 Å². The molecule has 2 saturated heterocycles. The molecule has 1 aromatic carbocycles. The molecular weight excluding hydrogens is 482 g/mol. The van der Waals surface area contributed by atoms with E-state index in [1.807, 2.05) is 30.5 Å². The molecule has 2 atom stereocenters. The van der Waals surface area contributed by atoms with Gasteiger partial charge in [-0.2, -0.15) is 5.10 Å². The number of anilines is 2. The number of morpholine rings is 1. The fourth-order valence-electron chi connectivity index (χ4n) is 6.14. The van der Waals surface area contributed by atoms with Gasteiger partial charge in [0.05, 0.1) is 35.9 Å². The summed E-state index contributed by atoms with van der Waals surface area (Å²) in [5, 5.41) is 11.7. The monoisotopic (exact) mass is 517 g/mol. The van der Waals surface area contributed by atoms with Gasteiger partial charge in [0.2, 0.25) is 0 Å². The Hall–Kier alpha value is -3.24. The molecule has 0 radical (unpaired) electrons. The van der Waals surface area contributed by atoms with Crippen molar-refractivity contribution < 1.29 is 14.3 Å². The first-order chi connectivity index (χ1) is 18.6. The van der Waals surface area contributed by atoms with Crippen LogP contribution in [0.2, 0.25) is 0 Å². The van der Waals surface area contributed by atoms with E-state index in [2.05, 4.69) is 20.2 Å². The number of ether oxygens (including phenoxy) is 2. The second kappa shape index (κ2) is 9.81. The van der Waals surface area contributed by atoms with Gasteiger partial charge in [-0.1, -0.05) is 0 Å². The van der Waals surface area contributed by atoms with E-state index in [1.54, 1.807) is 7.11 Å². The zero-order valence-electron chi connectivity index (χ0n) is 21.8. The molecule has 38 heavy (non-hydrogen) atoms. The van der Waals surface area contributed by atoms with Crippen LogP contribution in [0.3, 0.4) is 0 Å². The smallest absolute Gasteiger partial charge is 0.319 e. The maximum Gasteiger partial charge on any atom is 0.319 e. The number of hydrogen-bond donors (Lipinski definition) is 2. The van der Waals surface area contributed by atoms with Crippen molar-refractivity contribution >= 4 is 28.6 Å². The number of fused-ring (bicyclic) bond motifs is 3. The zero-order chi connectivity index (χ0) is 25.6. The first-order valence-electron chi connectivity index (χ1n) is 14.0. The number of nitrogens with one attached hydrogen (secondary N) is 2. The highest BCUT2D eigenvalue weighted by molar-refractivity contribution is 5.91. The lowest BCUT2D eigenvalue weighted by Gasteiger charge is -2.33. The summed E-state index contributed by atoms with van der Waals surface area (Å²) in [6.07, 6.45) is 11.2. The van der Waals surface area contributed by atoms with Crippen LogP contribution in [0, 0.1) is 0 Å². The lowest BCUT2D eigenvalue weighted by atomic mass is 9.93. The third-order valence-corrected chi connectivity index (χ3v) is 8.41. The first-order valence-corrected chi connectivity index (χ1v) is 14.0. The number of rotatable bonds is 6. The molecule has 2 saturated carbocycles. The van der Waals surface area contributed by atoms with E-state index in [0.717, 1.165) is 92.6 Å². The summed E-state index contributed by atoms with van der Waals surface area (Å²) >= 11 is 0. The van der Waals surface area contributed by atoms with Crippen molar-refractivity contribution in [2.45, 2.75) is 81.8 Å². The Bertz CT molecular complexity index is 1300.